The van der Waals surface area contributed by atoms with Gasteiger partial charge in [0.25, 0.3) is 0 Å². The zero-order valence-corrected chi connectivity index (χ0v) is 21.6. The summed E-state index contributed by atoms with van der Waals surface area (Å²) in [7, 11) is 1.39. The first-order chi connectivity index (χ1) is 17.0. The first-order valence-corrected chi connectivity index (χ1v) is 12.3. The van der Waals surface area contributed by atoms with Gasteiger partial charge in [-0.05, 0) is 55.3 Å². The second-order valence-electron chi connectivity index (χ2n) is 9.49. The Balaban J connectivity index is 2.02. The van der Waals surface area contributed by atoms with E-state index in [1.165, 1.54) is 55.0 Å². The topological polar surface area (TPSA) is 40.6 Å². The highest BCUT2D eigenvalue weighted by Gasteiger charge is 2.45. The summed E-state index contributed by atoms with van der Waals surface area (Å²) in [5.41, 5.74) is -4.63. The largest absolute Gasteiger partial charge is 0.416 e. The molecule has 0 N–H and O–H groups in total. The first-order valence-electron chi connectivity index (χ1n) is 11.1. The fraction of sp³-hybridized carbons (Fsp3) is 0.440. The van der Waals surface area contributed by atoms with Crippen LogP contribution in [0.15, 0.2) is 42.5 Å². The summed E-state index contributed by atoms with van der Waals surface area (Å²) in [5, 5.41) is 0.0173. The van der Waals surface area contributed by atoms with Crippen LogP contribution in [0.3, 0.4) is 0 Å². The monoisotopic (exact) mass is 596 g/mol. The maximum atomic E-state index is 13.6. The lowest BCUT2D eigenvalue weighted by molar-refractivity contribution is -0.144. The second-order valence-corrected chi connectivity index (χ2v) is 10.1. The number of hydrogen-bond donors (Lipinski definition) is 0. The molecule has 1 heterocycles. The van der Waals surface area contributed by atoms with Gasteiger partial charge in [-0.3, -0.25) is 9.59 Å². The van der Waals surface area contributed by atoms with E-state index in [0.717, 1.165) is 0 Å². The average Bonchev–Trinajstić information content (AvgIpc) is 3.27. The van der Waals surface area contributed by atoms with Crippen molar-refractivity contribution in [1.29, 1.82) is 0 Å². The lowest BCUT2D eigenvalue weighted by atomic mass is 9.80. The molecule has 1 aliphatic heterocycles. The molecule has 3 rings (SSSR count). The fourth-order valence-electron chi connectivity index (χ4n) is 4.54. The van der Waals surface area contributed by atoms with Gasteiger partial charge < -0.3 is 9.80 Å². The third-order valence-corrected chi connectivity index (χ3v) is 7.20. The van der Waals surface area contributed by atoms with E-state index in [0.29, 0.717) is 17.7 Å². The molecule has 0 aliphatic carbocycles. The van der Waals surface area contributed by atoms with Crippen molar-refractivity contribution in [2.45, 2.75) is 43.6 Å². The summed E-state index contributed by atoms with van der Waals surface area (Å²) >= 11 is 3.10. The van der Waals surface area contributed by atoms with E-state index >= 15 is 0 Å². The zero-order chi connectivity index (χ0) is 27.9. The predicted octanol–water partition coefficient (Wildman–Crippen LogP) is 5.99. The van der Waals surface area contributed by atoms with Gasteiger partial charge in [-0.1, -0.05) is 28.1 Å². The first kappa shape index (κ1) is 28.9. The molecular weight excluding hydrogens is 573 g/mol. The van der Waals surface area contributed by atoms with Crippen molar-refractivity contribution in [3.05, 3.63) is 70.5 Å². The Hall–Kier alpha value is -2.63. The Bertz CT molecular complexity index is 1130. The summed E-state index contributed by atoms with van der Waals surface area (Å²) in [6, 6.07) is 5.94. The van der Waals surface area contributed by atoms with Crippen molar-refractivity contribution in [2.24, 2.45) is 0 Å². The molecule has 2 aromatic carbocycles. The van der Waals surface area contributed by atoms with Gasteiger partial charge in [0, 0.05) is 26.1 Å². The third kappa shape index (κ3) is 6.10. The number of likely N-dealkylation sites (N-methyl/N-ethyl adjacent to an activating group) is 1. The highest BCUT2D eigenvalue weighted by Crippen LogP contribution is 2.40. The van der Waals surface area contributed by atoms with Crippen LogP contribution in [0.1, 0.15) is 42.0 Å². The summed E-state index contributed by atoms with van der Waals surface area (Å²) in [5.74, 6) is -1.93. The fourth-order valence-corrected chi connectivity index (χ4v) is 4.89. The van der Waals surface area contributed by atoms with Crippen LogP contribution < -0.4 is 0 Å². The smallest absolute Gasteiger partial charge is 0.340 e. The lowest BCUT2D eigenvalue weighted by Crippen LogP contribution is -2.49. The Morgan fingerprint density at radius 3 is 1.86 bits per heavy atom. The second kappa shape index (κ2) is 10.3. The maximum Gasteiger partial charge on any atom is 0.416 e. The number of carbonyl (C=O) groups excluding carboxylic acids is 2. The molecule has 37 heavy (non-hydrogen) atoms. The van der Waals surface area contributed by atoms with Crippen molar-refractivity contribution in [1.82, 2.24) is 9.80 Å². The van der Waals surface area contributed by atoms with Gasteiger partial charge >= 0.3 is 12.4 Å². The number of benzene rings is 2. The Morgan fingerprint density at radius 1 is 0.919 bits per heavy atom. The Labute approximate surface area is 217 Å². The molecule has 1 aliphatic rings. The van der Waals surface area contributed by atoms with E-state index in [1.54, 1.807) is 0 Å². The van der Waals surface area contributed by atoms with Crippen LogP contribution in [0.2, 0.25) is 0 Å². The van der Waals surface area contributed by atoms with Crippen LogP contribution in [0.4, 0.5) is 30.7 Å². The Kier molecular flexibility index (Phi) is 8.03. The summed E-state index contributed by atoms with van der Waals surface area (Å²) in [4.78, 5) is 28.8. The number of alkyl halides is 7. The molecule has 202 valence electrons. The zero-order valence-electron chi connectivity index (χ0n) is 20.1. The molecule has 2 aromatic rings. The number of hydrogen-bond acceptors (Lipinski definition) is 2. The molecule has 0 aromatic heterocycles. The summed E-state index contributed by atoms with van der Waals surface area (Å²) in [6.07, 6.45) is -10.1. The molecule has 2 unspecified atom stereocenters. The maximum absolute atomic E-state index is 13.6. The minimum Gasteiger partial charge on any atom is -0.340 e. The average molecular weight is 597 g/mol. The highest BCUT2D eigenvalue weighted by atomic mass is 79.9. The van der Waals surface area contributed by atoms with Gasteiger partial charge in [0.05, 0.1) is 27.9 Å². The van der Waals surface area contributed by atoms with Gasteiger partial charge in [0.15, 0.2) is 0 Å². The number of nitrogens with zero attached hydrogens (tertiary/aromatic N) is 2. The van der Waals surface area contributed by atoms with Crippen LogP contribution in [0.5, 0.6) is 0 Å². The Morgan fingerprint density at radius 2 is 1.41 bits per heavy atom. The van der Waals surface area contributed by atoms with Gasteiger partial charge in [-0.15, -0.1) is 0 Å². The number of carbonyl (C=O) groups is 2. The molecule has 1 fully saturated rings. The normalized spacial score (nSPS) is 18.7. The van der Waals surface area contributed by atoms with Crippen molar-refractivity contribution in [2.75, 3.05) is 25.5 Å². The van der Waals surface area contributed by atoms with Crippen LogP contribution in [-0.4, -0.2) is 53.1 Å². The van der Waals surface area contributed by atoms with Crippen LogP contribution in [-0.2, 0) is 27.4 Å². The van der Waals surface area contributed by atoms with Gasteiger partial charge in [0.2, 0.25) is 11.8 Å². The van der Waals surface area contributed by atoms with Crippen molar-refractivity contribution >= 4 is 27.7 Å². The number of likely N-dealkylation sites (tertiary alicyclic amines) is 1. The van der Waals surface area contributed by atoms with Crippen LogP contribution in [0, 0.1) is 5.82 Å². The summed E-state index contributed by atoms with van der Waals surface area (Å²) < 4.78 is 94.0. The predicted molar refractivity (Wildman–Crippen MR) is 126 cm³/mol. The van der Waals surface area contributed by atoms with Gasteiger partial charge in [-0.2, -0.15) is 26.3 Å². The molecule has 0 bridgehead atoms. The van der Waals surface area contributed by atoms with E-state index in [1.807, 2.05) is 0 Å². The van der Waals surface area contributed by atoms with E-state index in [-0.39, 0.29) is 30.4 Å². The van der Waals surface area contributed by atoms with Crippen LogP contribution in [0.25, 0.3) is 0 Å². The minimum atomic E-state index is -5.06. The van der Waals surface area contributed by atoms with Crippen molar-refractivity contribution in [3.63, 3.8) is 0 Å². The molecular formula is C25H24BrF7N2O2. The van der Waals surface area contributed by atoms with E-state index in [2.05, 4.69) is 15.9 Å². The molecule has 0 spiro atoms. The molecule has 1 saturated heterocycles. The standard InChI is InChI=1S/C25H24BrF7N2O2/c1-23(2,15-8-16(24(28,29)30)10-17(9-15)25(31,32)33)22(37)34(3)20-13-35(21(36)11-26)12-19(20)14-4-6-18(27)7-5-14/h4-10,19-20H,11-13H2,1-3H3. The lowest BCUT2D eigenvalue weighted by Gasteiger charge is -2.36. The van der Waals surface area contributed by atoms with E-state index in [9.17, 15) is 40.3 Å². The van der Waals surface area contributed by atoms with Gasteiger partial charge in [-0.25, -0.2) is 4.39 Å². The molecule has 4 nitrogen and oxygen atoms in total. The number of amides is 2. The minimum absolute atomic E-state index is 0.0130. The molecule has 0 saturated carbocycles. The van der Waals surface area contributed by atoms with Crippen molar-refractivity contribution in [3.8, 4) is 0 Å². The quantitative estimate of drug-likeness (QED) is 0.314. The number of halogens is 8. The molecule has 12 heteroatoms. The third-order valence-electron chi connectivity index (χ3n) is 6.72. The molecule has 2 amide bonds. The summed E-state index contributed by atoms with van der Waals surface area (Å²) in [6.45, 7) is 2.79. The molecule has 2 atom stereocenters. The van der Waals surface area contributed by atoms with Crippen LogP contribution >= 0.6 is 15.9 Å². The highest BCUT2D eigenvalue weighted by molar-refractivity contribution is 9.09. The number of rotatable bonds is 5. The van der Waals surface area contributed by atoms with Gasteiger partial charge in [0.1, 0.15) is 5.82 Å². The van der Waals surface area contributed by atoms with E-state index < -0.39 is 58.1 Å². The van der Waals surface area contributed by atoms with Crippen molar-refractivity contribution < 1.29 is 40.3 Å². The van der Waals surface area contributed by atoms with E-state index in [4.69, 9.17) is 0 Å². The molecule has 0 radical (unpaired) electrons. The SMILES string of the molecule is CN(C(=O)C(C)(C)c1cc(C(F)(F)F)cc(C(F)(F)F)c1)C1CN(C(=O)CBr)CC1c1ccc(F)cc1.